The van der Waals surface area contributed by atoms with Gasteiger partial charge < -0.3 is 10.2 Å². The zero-order valence-electron chi connectivity index (χ0n) is 11.6. The Balaban J connectivity index is 1.62. The topological polar surface area (TPSA) is 58.1 Å². The third-order valence-electron chi connectivity index (χ3n) is 3.96. The molecule has 1 aromatic rings. The third kappa shape index (κ3) is 3.17. The quantitative estimate of drug-likeness (QED) is 0.909. The van der Waals surface area contributed by atoms with Crippen LogP contribution in [0.5, 0.6) is 0 Å². The first kappa shape index (κ1) is 13.9. The van der Waals surface area contributed by atoms with Crippen molar-refractivity contribution in [2.75, 3.05) is 26.7 Å². The van der Waals surface area contributed by atoms with Gasteiger partial charge in [0.2, 0.25) is 0 Å². The van der Waals surface area contributed by atoms with Crippen LogP contribution in [0, 0.1) is 5.92 Å². The number of hydrogen-bond acceptors (Lipinski definition) is 4. The Hall–Kier alpha value is -1.01. The highest BCUT2D eigenvalue weighted by atomic mass is 79.9. The van der Waals surface area contributed by atoms with Crippen molar-refractivity contribution in [3.05, 3.63) is 22.2 Å². The Morgan fingerprint density at radius 2 is 2.30 bits per heavy atom. The highest BCUT2D eigenvalue weighted by Crippen LogP contribution is 2.38. The number of carbonyl (C=O) groups excluding carboxylic acids is 1. The van der Waals surface area contributed by atoms with Crippen molar-refractivity contribution in [1.82, 2.24) is 20.2 Å². The molecule has 2 fully saturated rings. The molecule has 0 bridgehead atoms. The van der Waals surface area contributed by atoms with Gasteiger partial charge >= 0.3 is 0 Å². The first-order valence-electron chi connectivity index (χ1n) is 7.12. The van der Waals surface area contributed by atoms with Crippen molar-refractivity contribution in [3.63, 3.8) is 0 Å². The van der Waals surface area contributed by atoms with E-state index in [1.807, 2.05) is 0 Å². The van der Waals surface area contributed by atoms with Gasteiger partial charge in [0.15, 0.2) is 0 Å². The Morgan fingerprint density at radius 1 is 1.50 bits per heavy atom. The van der Waals surface area contributed by atoms with E-state index >= 15 is 0 Å². The highest BCUT2D eigenvalue weighted by Gasteiger charge is 2.28. The van der Waals surface area contributed by atoms with Crippen LogP contribution in [0.1, 0.15) is 41.5 Å². The second kappa shape index (κ2) is 5.77. The van der Waals surface area contributed by atoms with Gasteiger partial charge in [0.25, 0.3) is 5.91 Å². The number of amides is 1. The van der Waals surface area contributed by atoms with Crippen molar-refractivity contribution < 1.29 is 4.79 Å². The molecule has 1 aliphatic heterocycles. The summed E-state index contributed by atoms with van der Waals surface area (Å²) >= 11 is 3.37. The van der Waals surface area contributed by atoms with Crippen LogP contribution >= 0.6 is 15.9 Å². The molecule has 1 amide bonds. The maximum atomic E-state index is 12.3. The fourth-order valence-electron chi connectivity index (χ4n) is 2.59. The van der Waals surface area contributed by atoms with Crippen LogP contribution in [0.2, 0.25) is 0 Å². The Kier molecular flexibility index (Phi) is 4.03. The highest BCUT2D eigenvalue weighted by molar-refractivity contribution is 9.10. The van der Waals surface area contributed by atoms with Gasteiger partial charge in [-0.05, 0) is 54.7 Å². The van der Waals surface area contributed by atoms with E-state index in [-0.39, 0.29) is 5.91 Å². The number of carbonyl (C=O) groups is 1. The number of nitrogens with one attached hydrogen (secondary N) is 1. The molecule has 108 valence electrons. The molecule has 0 aromatic carbocycles. The lowest BCUT2D eigenvalue weighted by Gasteiger charge is -2.12. The molecule has 1 saturated heterocycles. The van der Waals surface area contributed by atoms with Crippen molar-refractivity contribution in [1.29, 1.82) is 0 Å². The van der Waals surface area contributed by atoms with Crippen LogP contribution in [0.3, 0.4) is 0 Å². The predicted molar refractivity (Wildman–Crippen MR) is 79.6 cm³/mol. The molecule has 0 spiro atoms. The summed E-state index contributed by atoms with van der Waals surface area (Å²) in [4.78, 5) is 23.2. The minimum atomic E-state index is -0.101. The fraction of sp³-hybridized carbons (Fsp3) is 0.643. The van der Waals surface area contributed by atoms with E-state index < -0.39 is 0 Å². The molecule has 1 atom stereocenters. The van der Waals surface area contributed by atoms with Gasteiger partial charge in [-0.2, -0.15) is 0 Å². The predicted octanol–water partition coefficient (Wildman–Crippen LogP) is 1.80. The lowest BCUT2D eigenvalue weighted by Crippen LogP contribution is -2.31. The second-order valence-electron chi connectivity index (χ2n) is 5.83. The van der Waals surface area contributed by atoms with Gasteiger partial charge in [0, 0.05) is 25.2 Å². The molecule has 20 heavy (non-hydrogen) atoms. The first-order valence-corrected chi connectivity index (χ1v) is 7.92. The summed E-state index contributed by atoms with van der Waals surface area (Å²) in [6, 6.07) is 0. The van der Waals surface area contributed by atoms with E-state index in [1.54, 1.807) is 6.20 Å². The summed E-state index contributed by atoms with van der Waals surface area (Å²) in [5.41, 5.74) is 0.466. The molecular weight excluding hydrogens is 320 g/mol. The van der Waals surface area contributed by atoms with Gasteiger partial charge in [0.05, 0.1) is 4.47 Å². The summed E-state index contributed by atoms with van der Waals surface area (Å²) in [7, 11) is 2.12. The van der Waals surface area contributed by atoms with Gasteiger partial charge in [-0.1, -0.05) is 0 Å². The summed E-state index contributed by atoms with van der Waals surface area (Å²) in [5.74, 6) is 1.71. The summed E-state index contributed by atoms with van der Waals surface area (Å²) in [6.07, 6.45) is 5.11. The monoisotopic (exact) mass is 338 g/mol. The second-order valence-corrected chi connectivity index (χ2v) is 6.68. The standard InChI is InChI=1S/C14H19BrN4O/c1-19-5-4-9(8-19)6-17-14(20)12-11(15)7-16-13(18-12)10-2-3-10/h7,9-10H,2-6,8H2,1H3,(H,17,20)/t9-/m0/s1. The van der Waals surface area contributed by atoms with E-state index in [1.165, 1.54) is 0 Å². The average Bonchev–Trinajstić information content (AvgIpc) is 3.20. The van der Waals surface area contributed by atoms with E-state index in [9.17, 15) is 4.79 Å². The van der Waals surface area contributed by atoms with Crippen molar-refractivity contribution in [2.24, 2.45) is 5.92 Å². The van der Waals surface area contributed by atoms with Crippen molar-refractivity contribution >= 4 is 21.8 Å². The van der Waals surface area contributed by atoms with E-state index in [0.29, 0.717) is 22.0 Å². The minimum Gasteiger partial charge on any atom is -0.350 e. The lowest BCUT2D eigenvalue weighted by molar-refractivity contribution is 0.0941. The molecular formula is C14H19BrN4O. The number of hydrogen-bond donors (Lipinski definition) is 1. The maximum Gasteiger partial charge on any atom is 0.271 e. The van der Waals surface area contributed by atoms with Crippen LogP contribution in [0.15, 0.2) is 10.7 Å². The van der Waals surface area contributed by atoms with Gasteiger partial charge in [-0.15, -0.1) is 0 Å². The molecule has 0 radical (unpaired) electrons. The molecule has 6 heteroatoms. The van der Waals surface area contributed by atoms with E-state index in [0.717, 1.165) is 44.7 Å². The number of halogens is 1. The third-order valence-corrected chi connectivity index (χ3v) is 4.54. The molecule has 3 rings (SSSR count). The van der Waals surface area contributed by atoms with Crippen LogP contribution in [-0.2, 0) is 0 Å². The van der Waals surface area contributed by atoms with Gasteiger partial charge in [-0.25, -0.2) is 9.97 Å². The van der Waals surface area contributed by atoms with Crippen LogP contribution in [0.4, 0.5) is 0 Å². The molecule has 1 aromatic heterocycles. The SMILES string of the molecule is CN1CC[C@@H](CNC(=O)c2nc(C3CC3)ncc2Br)C1. The van der Waals surface area contributed by atoms with Crippen LogP contribution in [0.25, 0.3) is 0 Å². The lowest BCUT2D eigenvalue weighted by atomic mass is 10.1. The van der Waals surface area contributed by atoms with E-state index in [4.69, 9.17) is 0 Å². The molecule has 2 heterocycles. The van der Waals surface area contributed by atoms with Crippen LogP contribution in [-0.4, -0.2) is 47.5 Å². The number of likely N-dealkylation sites (tertiary alicyclic amines) is 1. The number of rotatable bonds is 4. The van der Waals surface area contributed by atoms with E-state index in [2.05, 4.69) is 43.2 Å². The van der Waals surface area contributed by atoms with Gasteiger partial charge in [0.1, 0.15) is 11.5 Å². The first-order chi connectivity index (χ1) is 9.63. The fourth-order valence-corrected chi connectivity index (χ4v) is 2.96. The Morgan fingerprint density at radius 3 is 2.95 bits per heavy atom. The average molecular weight is 339 g/mol. The Labute approximate surface area is 127 Å². The molecule has 1 saturated carbocycles. The molecule has 1 N–H and O–H groups in total. The molecule has 1 aliphatic carbocycles. The zero-order valence-corrected chi connectivity index (χ0v) is 13.2. The van der Waals surface area contributed by atoms with Crippen LogP contribution < -0.4 is 5.32 Å². The molecule has 5 nitrogen and oxygen atoms in total. The largest absolute Gasteiger partial charge is 0.350 e. The van der Waals surface area contributed by atoms with Crippen molar-refractivity contribution in [2.45, 2.75) is 25.2 Å². The molecule has 0 unspecified atom stereocenters. The number of nitrogens with zero attached hydrogens (tertiary/aromatic N) is 3. The smallest absolute Gasteiger partial charge is 0.271 e. The summed E-state index contributed by atoms with van der Waals surface area (Å²) in [6.45, 7) is 2.89. The summed E-state index contributed by atoms with van der Waals surface area (Å²) < 4.78 is 0.669. The molecule has 2 aliphatic rings. The maximum absolute atomic E-state index is 12.3. The van der Waals surface area contributed by atoms with Crippen molar-refractivity contribution in [3.8, 4) is 0 Å². The number of aromatic nitrogens is 2. The van der Waals surface area contributed by atoms with Gasteiger partial charge in [-0.3, -0.25) is 4.79 Å². The summed E-state index contributed by atoms with van der Waals surface area (Å²) in [5, 5.41) is 3.00. The normalized spacial score (nSPS) is 23.0. The Bertz CT molecular complexity index is 518. The minimum absolute atomic E-state index is 0.101. The zero-order chi connectivity index (χ0) is 14.1.